The summed E-state index contributed by atoms with van der Waals surface area (Å²) >= 11 is 0. The third kappa shape index (κ3) is 3.45. The van der Waals surface area contributed by atoms with Gasteiger partial charge < -0.3 is 10.2 Å². The minimum absolute atomic E-state index is 0.0602. The number of piperidine rings is 1. The fraction of sp³-hybridized carbons (Fsp3) is 0.571. The molecule has 0 aliphatic carbocycles. The first-order chi connectivity index (χ1) is 8.79. The van der Waals surface area contributed by atoms with Gasteiger partial charge in [-0.15, -0.1) is 0 Å². The summed E-state index contributed by atoms with van der Waals surface area (Å²) in [6.45, 7) is 4.18. The van der Waals surface area contributed by atoms with Crippen LogP contribution in [-0.4, -0.2) is 24.0 Å². The molecule has 1 aromatic rings. The molecule has 0 radical (unpaired) electrons. The second-order valence-corrected chi connectivity index (χ2v) is 4.75. The summed E-state index contributed by atoms with van der Waals surface area (Å²) in [6, 6.07) is 3.93. The van der Waals surface area contributed by atoms with E-state index in [9.17, 15) is 4.79 Å². The lowest BCUT2D eigenvalue weighted by Crippen LogP contribution is -2.30. The smallest absolute Gasteiger partial charge is 0.224 e. The van der Waals surface area contributed by atoms with Gasteiger partial charge in [-0.25, -0.2) is 4.98 Å². The van der Waals surface area contributed by atoms with E-state index in [2.05, 4.69) is 15.2 Å². The van der Waals surface area contributed by atoms with Crippen molar-refractivity contribution in [2.24, 2.45) is 0 Å². The van der Waals surface area contributed by atoms with E-state index < -0.39 is 0 Å². The average molecular weight is 247 g/mol. The van der Waals surface area contributed by atoms with E-state index in [-0.39, 0.29) is 5.91 Å². The van der Waals surface area contributed by atoms with Gasteiger partial charge in [0, 0.05) is 19.5 Å². The number of nitrogens with zero attached hydrogens (tertiary/aromatic N) is 2. The Kier molecular flexibility index (Phi) is 4.56. The predicted octanol–water partition coefficient (Wildman–Crippen LogP) is 2.81. The summed E-state index contributed by atoms with van der Waals surface area (Å²) in [5, 5.41) is 2.85. The van der Waals surface area contributed by atoms with E-state index in [1.54, 1.807) is 6.20 Å². The van der Waals surface area contributed by atoms with Crippen LogP contribution in [0.15, 0.2) is 18.3 Å². The Bertz CT molecular complexity index is 383. The maximum Gasteiger partial charge on any atom is 0.224 e. The summed E-state index contributed by atoms with van der Waals surface area (Å²) in [7, 11) is 0. The van der Waals surface area contributed by atoms with Crippen LogP contribution in [0.3, 0.4) is 0 Å². The third-order valence-electron chi connectivity index (χ3n) is 3.19. The summed E-state index contributed by atoms with van der Waals surface area (Å²) in [4.78, 5) is 18.2. The molecule has 0 saturated carbocycles. The van der Waals surface area contributed by atoms with Gasteiger partial charge in [0.05, 0.1) is 11.9 Å². The molecule has 98 valence electrons. The number of hydrogen-bond acceptors (Lipinski definition) is 3. The molecule has 1 saturated heterocycles. The normalized spacial score (nSPS) is 15.5. The molecule has 1 aliphatic heterocycles. The van der Waals surface area contributed by atoms with E-state index in [0.717, 1.165) is 31.0 Å². The number of anilines is 2. The van der Waals surface area contributed by atoms with Crippen molar-refractivity contribution in [3.05, 3.63) is 18.3 Å². The Hall–Kier alpha value is -1.58. The minimum atomic E-state index is 0.0602. The van der Waals surface area contributed by atoms with Crippen molar-refractivity contribution in [2.45, 2.75) is 39.0 Å². The van der Waals surface area contributed by atoms with Gasteiger partial charge >= 0.3 is 0 Å². The van der Waals surface area contributed by atoms with Crippen LogP contribution in [0, 0.1) is 0 Å². The monoisotopic (exact) mass is 247 g/mol. The first-order valence-corrected chi connectivity index (χ1v) is 6.80. The lowest BCUT2D eigenvalue weighted by atomic mass is 10.1. The fourth-order valence-corrected chi connectivity index (χ4v) is 2.22. The third-order valence-corrected chi connectivity index (χ3v) is 3.19. The molecule has 0 spiro atoms. The molecule has 1 aromatic heterocycles. The van der Waals surface area contributed by atoms with Crippen LogP contribution in [0.1, 0.15) is 39.0 Å². The molecule has 2 rings (SSSR count). The molecule has 1 aliphatic rings. The largest absolute Gasteiger partial charge is 0.357 e. The standard InChI is InChI=1S/C14H21N3O/c1-2-6-14(18)16-12-7-8-13(15-11-12)17-9-4-3-5-10-17/h7-8,11H,2-6,9-10H2,1H3,(H,16,18). The first-order valence-electron chi connectivity index (χ1n) is 6.80. The molecule has 0 atom stereocenters. The maximum absolute atomic E-state index is 11.4. The Labute approximate surface area is 108 Å². The number of hydrogen-bond donors (Lipinski definition) is 1. The molecule has 1 amide bonds. The number of rotatable bonds is 4. The second-order valence-electron chi connectivity index (χ2n) is 4.75. The van der Waals surface area contributed by atoms with Gasteiger partial charge in [0.2, 0.25) is 5.91 Å². The summed E-state index contributed by atoms with van der Waals surface area (Å²) in [6.07, 6.45) is 6.99. The van der Waals surface area contributed by atoms with Gasteiger partial charge in [0.25, 0.3) is 0 Å². The van der Waals surface area contributed by atoms with E-state index in [0.29, 0.717) is 6.42 Å². The predicted molar refractivity (Wildman–Crippen MR) is 73.8 cm³/mol. The van der Waals surface area contributed by atoms with Gasteiger partial charge in [-0.2, -0.15) is 0 Å². The van der Waals surface area contributed by atoms with Crippen molar-refractivity contribution < 1.29 is 4.79 Å². The highest BCUT2D eigenvalue weighted by Gasteiger charge is 2.11. The van der Waals surface area contributed by atoms with Gasteiger partial charge in [-0.1, -0.05) is 6.92 Å². The fourth-order valence-electron chi connectivity index (χ4n) is 2.22. The molecule has 0 aromatic carbocycles. The first kappa shape index (κ1) is 12.9. The highest BCUT2D eigenvalue weighted by atomic mass is 16.1. The van der Waals surface area contributed by atoms with Gasteiger partial charge in [-0.05, 0) is 37.8 Å². The van der Waals surface area contributed by atoms with Crippen molar-refractivity contribution in [3.63, 3.8) is 0 Å². The Morgan fingerprint density at radius 3 is 2.72 bits per heavy atom. The van der Waals surface area contributed by atoms with Gasteiger partial charge in [0.1, 0.15) is 5.82 Å². The molecule has 0 unspecified atom stereocenters. The van der Waals surface area contributed by atoms with E-state index >= 15 is 0 Å². The van der Waals surface area contributed by atoms with Crippen molar-refractivity contribution in [3.8, 4) is 0 Å². The SMILES string of the molecule is CCCC(=O)Nc1ccc(N2CCCCC2)nc1. The molecular formula is C14H21N3O. The topological polar surface area (TPSA) is 45.2 Å². The Balaban J connectivity index is 1.94. The lowest BCUT2D eigenvalue weighted by molar-refractivity contribution is -0.116. The van der Waals surface area contributed by atoms with Crippen molar-refractivity contribution >= 4 is 17.4 Å². The number of carbonyl (C=O) groups is 1. The molecule has 4 nitrogen and oxygen atoms in total. The molecule has 4 heteroatoms. The quantitative estimate of drug-likeness (QED) is 0.889. The summed E-state index contributed by atoms with van der Waals surface area (Å²) < 4.78 is 0. The summed E-state index contributed by atoms with van der Waals surface area (Å²) in [5.41, 5.74) is 0.786. The zero-order valence-electron chi connectivity index (χ0n) is 11.0. The van der Waals surface area contributed by atoms with E-state index in [4.69, 9.17) is 0 Å². The second kappa shape index (κ2) is 6.38. The number of amides is 1. The highest BCUT2D eigenvalue weighted by molar-refractivity contribution is 5.90. The zero-order chi connectivity index (χ0) is 12.8. The van der Waals surface area contributed by atoms with Crippen LogP contribution in [0.2, 0.25) is 0 Å². The van der Waals surface area contributed by atoms with Crippen LogP contribution >= 0.6 is 0 Å². The molecule has 0 bridgehead atoms. The van der Waals surface area contributed by atoms with Gasteiger partial charge in [-0.3, -0.25) is 4.79 Å². The van der Waals surface area contributed by atoms with Crippen LogP contribution < -0.4 is 10.2 Å². The average Bonchev–Trinajstić information content (AvgIpc) is 2.41. The zero-order valence-corrected chi connectivity index (χ0v) is 11.0. The number of aromatic nitrogens is 1. The lowest BCUT2D eigenvalue weighted by Gasteiger charge is -2.27. The molecule has 1 N–H and O–H groups in total. The summed E-state index contributed by atoms with van der Waals surface area (Å²) in [5.74, 6) is 1.08. The van der Waals surface area contributed by atoms with Crippen LogP contribution in [0.4, 0.5) is 11.5 Å². The number of pyridine rings is 1. The van der Waals surface area contributed by atoms with Crippen LogP contribution in [0.25, 0.3) is 0 Å². The molecule has 2 heterocycles. The minimum Gasteiger partial charge on any atom is -0.357 e. The number of nitrogens with one attached hydrogen (secondary N) is 1. The van der Waals surface area contributed by atoms with Crippen LogP contribution in [0.5, 0.6) is 0 Å². The van der Waals surface area contributed by atoms with Crippen LogP contribution in [-0.2, 0) is 4.79 Å². The highest BCUT2D eigenvalue weighted by Crippen LogP contribution is 2.18. The van der Waals surface area contributed by atoms with Gasteiger partial charge in [0.15, 0.2) is 0 Å². The van der Waals surface area contributed by atoms with Crippen molar-refractivity contribution in [1.82, 2.24) is 4.98 Å². The van der Waals surface area contributed by atoms with Crippen molar-refractivity contribution in [2.75, 3.05) is 23.3 Å². The Morgan fingerprint density at radius 1 is 1.33 bits per heavy atom. The Morgan fingerprint density at radius 2 is 2.11 bits per heavy atom. The molecule has 1 fully saturated rings. The number of carbonyl (C=O) groups excluding carboxylic acids is 1. The van der Waals surface area contributed by atoms with E-state index in [1.165, 1.54) is 19.3 Å². The van der Waals surface area contributed by atoms with E-state index in [1.807, 2.05) is 19.1 Å². The van der Waals surface area contributed by atoms with Crippen molar-refractivity contribution in [1.29, 1.82) is 0 Å². The molecule has 18 heavy (non-hydrogen) atoms. The molecular weight excluding hydrogens is 226 g/mol. The maximum atomic E-state index is 11.4.